The maximum atomic E-state index is 9.99. The molecule has 0 aromatic rings. The second kappa shape index (κ2) is 3.27. The van der Waals surface area contributed by atoms with Gasteiger partial charge in [0.15, 0.2) is 0 Å². The maximum Gasteiger partial charge on any atom is 0.0496 e. The summed E-state index contributed by atoms with van der Waals surface area (Å²) in [4.78, 5) is 0. The molecule has 6 atom stereocenters. The van der Waals surface area contributed by atoms with Crippen LogP contribution in [0.25, 0.3) is 0 Å². The van der Waals surface area contributed by atoms with Crippen molar-refractivity contribution >= 4 is 0 Å². The topological polar surface area (TPSA) is 40.5 Å². The molecule has 0 aliphatic heterocycles. The van der Waals surface area contributed by atoms with Crippen molar-refractivity contribution in [3.63, 3.8) is 0 Å². The Balaban J connectivity index is 2.65. The largest absolute Gasteiger partial charge is 0.396 e. The fraction of sp³-hybridized carbons (Fsp3) is 1.00. The highest BCUT2D eigenvalue weighted by Crippen LogP contribution is 2.80. The van der Waals surface area contributed by atoms with Gasteiger partial charge in [0.2, 0.25) is 0 Å². The minimum atomic E-state index is -0.185. The molecular formula is C15H28O2. The Hall–Kier alpha value is -0.0800. The molecule has 0 spiro atoms. The van der Waals surface area contributed by atoms with Crippen molar-refractivity contribution in [2.24, 2.45) is 33.5 Å². The van der Waals surface area contributed by atoms with Gasteiger partial charge in [-0.1, -0.05) is 41.5 Å². The van der Waals surface area contributed by atoms with Gasteiger partial charge in [-0.15, -0.1) is 0 Å². The predicted octanol–water partition coefficient (Wildman–Crippen LogP) is 2.69. The van der Waals surface area contributed by atoms with E-state index in [0.29, 0.717) is 11.8 Å². The second-order valence-corrected chi connectivity index (χ2v) is 7.57. The van der Waals surface area contributed by atoms with Crippen molar-refractivity contribution in [2.45, 2.75) is 48.0 Å². The molecule has 2 bridgehead atoms. The number of aliphatic hydroxyl groups excluding tert-OH is 2. The van der Waals surface area contributed by atoms with E-state index in [0.717, 1.165) is 6.42 Å². The molecule has 2 rings (SSSR count). The minimum Gasteiger partial charge on any atom is -0.396 e. The van der Waals surface area contributed by atoms with Gasteiger partial charge in [-0.2, -0.15) is 0 Å². The fourth-order valence-corrected chi connectivity index (χ4v) is 5.55. The highest BCUT2D eigenvalue weighted by atomic mass is 16.3. The van der Waals surface area contributed by atoms with E-state index < -0.39 is 0 Å². The lowest BCUT2D eigenvalue weighted by Crippen LogP contribution is -2.59. The van der Waals surface area contributed by atoms with Crippen LogP contribution < -0.4 is 0 Å². The van der Waals surface area contributed by atoms with Gasteiger partial charge in [0.25, 0.3) is 0 Å². The molecule has 2 nitrogen and oxygen atoms in total. The zero-order chi connectivity index (χ0) is 13.3. The summed E-state index contributed by atoms with van der Waals surface area (Å²) >= 11 is 0. The van der Waals surface area contributed by atoms with Crippen molar-refractivity contribution in [2.75, 3.05) is 13.2 Å². The predicted molar refractivity (Wildman–Crippen MR) is 69.5 cm³/mol. The van der Waals surface area contributed by atoms with E-state index in [1.807, 2.05) is 0 Å². The lowest BCUT2D eigenvalue weighted by molar-refractivity contribution is -0.168. The lowest BCUT2D eigenvalue weighted by atomic mass is 9.45. The molecule has 0 aromatic carbocycles. The van der Waals surface area contributed by atoms with Gasteiger partial charge < -0.3 is 10.2 Å². The first-order chi connectivity index (χ1) is 7.64. The van der Waals surface area contributed by atoms with Crippen LogP contribution in [0.2, 0.25) is 0 Å². The van der Waals surface area contributed by atoms with Gasteiger partial charge in [0.05, 0.1) is 0 Å². The smallest absolute Gasteiger partial charge is 0.0496 e. The summed E-state index contributed by atoms with van der Waals surface area (Å²) in [6, 6.07) is 0. The van der Waals surface area contributed by atoms with Crippen LogP contribution in [0.15, 0.2) is 0 Å². The van der Waals surface area contributed by atoms with Gasteiger partial charge in [0, 0.05) is 24.0 Å². The van der Waals surface area contributed by atoms with Crippen molar-refractivity contribution < 1.29 is 10.2 Å². The summed E-state index contributed by atoms with van der Waals surface area (Å²) in [5.74, 6) is 1.20. The van der Waals surface area contributed by atoms with Crippen LogP contribution in [-0.4, -0.2) is 23.4 Å². The van der Waals surface area contributed by atoms with Crippen LogP contribution >= 0.6 is 0 Å². The number of aliphatic hydroxyl groups is 2. The number of hydrogen-bond donors (Lipinski definition) is 2. The van der Waals surface area contributed by atoms with Gasteiger partial charge in [-0.05, 0) is 29.1 Å². The summed E-state index contributed by atoms with van der Waals surface area (Å²) in [6.07, 6.45) is 1.12. The third kappa shape index (κ3) is 1.02. The normalized spacial score (nSPS) is 62.1. The van der Waals surface area contributed by atoms with E-state index in [1.165, 1.54) is 0 Å². The summed E-state index contributed by atoms with van der Waals surface area (Å²) in [5, 5.41) is 20.0. The van der Waals surface area contributed by atoms with Crippen molar-refractivity contribution in [3.8, 4) is 0 Å². The molecule has 2 saturated carbocycles. The first-order valence-corrected chi connectivity index (χ1v) is 6.86. The highest BCUT2D eigenvalue weighted by molar-refractivity contribution is 5.24. The van der Waals surface area contributed by atoms with Gasteiger partial charge >= 0.3 is 0 Å². The van der Waals surface area contributed by atoms with E-state index in [9.17, 15) is 10.2 Å². The molecule has 2 heteroatoms. The van der Waals surface area contributed by atoms with Crippen molar-refractivity contribution in [1.82, 2.24) is 0 Å². The molecule has 0 radical (unpaired) electrons. The lowest BCUT2D eigenvalue weighted by Gasteiger charge is -2.60. The Morgan fingerprint density at radius 2 is 1.12 bits per heavy atom. The van der Waals surface area contributed by atoms with E-state index in [-0.39, 0.29) is 34.9 Å². The Kier molecular flexibility index (Phi) is 2.57. The SMILES string of the molecule is CC1C(C)C2(C)CC1(C)C(C)(CO)C2(C)CO. The molecule has 2 N–H and O–H groups in total. The van der Waals surface area contributed by atoms with Crippen molar-refractivity contribution in [1.29, 1.82) is 0 Å². The van der Waals surface area contributed by atoms with E-state index in [2.05, 4.69) is 41.5 Å². The van der Waals surface area contributed by atoms with Crippen LogP contribution in [0.3, 0.4) is 0 Å². The summed E-state index contributed by atoms with van der Waals surface area (Å²) in [5.41, 5.74) is -0.106. The first-order valence-electron chi connectivity index (χ1n) is 6.86. The van der Waals surface area contributed by atoms with E-state index in [1.54, 1.807) is 0 Å². The summed E-state index contributed by atoms with van der Waals surface area (Å²) in [7, 11) is 0. The van der Waals surface area contributed by atoms with Crippen LogP contribution in [0.1, 0.15) is 48.0 Å². The van der Waals surface area contributed by atoms with E-state index in [4.69, 9.17) is 0 Å². The zero-order valence-electron chi connectivity index (χ0n) is 12.2. The molecule has 17 heavy (non-hydrogen) atoms. The summed E-state index contributed by atoms with van der Waals surface area (Å²) < 4.78 is 0. The number of fused-ring (bicyclic) bond motifs is 2. The molecule has 2 aliphatic carbocycles. The average molecular weight is 240 g/mol. The zero-order valence-corrected chi connectivity index (χ0v) is 12.2. The standard InChI is InChI=1S/C15H28O2/c1-10-11(2)13(4)7-12(10,3)14(5,8-16)15(13,6)9-17/h10-11,16-17H,7-9H2,1-6H3. The molecule has 6 unspecified atom stereocenters. The molecule has 0 saturated heterocycles. The fourth-order valence-electron chi connectivity index (χ4n) is 5.55. The molecule has 0 heterocycles. The Bertz CT molecular complexity index is 310. The first kappa shape index (κ1) is 13.4. The molecule has 2 aliphatic rings. The Labute approximate surface area is 105 Å². The van der Waals surface area contributed by atoms with Gasteiger partial charge in [-0.3, -0.25) is 0 Å². The quantitative estimate of drug-likeness (QED) is 0.779. The van der Waals surface area contributed by atoms with Crippen LogP contribution in [-0.2, 0) is 0 Å². The van der Waals surface area contributed by atoms with Crippen molar-refractivity contribution in [3.05, 3.63) is 0 Å². The van der Waals surface area contributed by atoms with Crippen LogP contribution in [0, 0.1) is 33.5 Å². The third-order valence-corrected chi connectivity index (χ3v) is 7.87. The molecular weight excluding hydrogens is 212 g/mol. The Morgan fingerprint density at radius 3 is 1.35 bits per heavy atom. The van der Waals surface area contributed by atoms with Gasteiger partial charge in [-0.25, -0.2) is 0 Å². The monoisotopic (exact) mass is 240 g/mol. The molecule has 0 amide bonds. The molecule has 0 aromatic heterocycles. The number of hydrogen-bond acceptors (Lipinski definition) is 2. The minimum absolute atomic E-state index is 0.132. The van der Waals surface area contributed by atoms with Crippen LogP contribution in [0.5, 0.6) is 0 Å². The summed E-state index contributed by atoms with van der Waals surface area (Å²) in [6.45, 7) is 14.0. The van der Waals surface area contributed by atoms with E-state index >= 15 is 0 Å². The molecule has 100 valence electrons. The van der Waals surface area contributed by atoms with Gasteiger partial charge in [0.1, 0.15) is 0 Å². The Morgan fingerprint density at radius 1 is 0.824 bits per heavy atom. The highest BCUT2D eigenvalue weighted by Gasteiger charge is 2.77. The molecule has 2 fully saturated rings. The second-order valence-electron chi connectivity index (χ2n) is 7.57. The van der Waals surface area contributed by atoms with Crippen LogP contribution in [0.4, 0.5) is 0 Å². The average Bonchev–Trinajstić information content (AvgIpc) is 2.57. The third-order valence-electron chi connectivity index (χ3n) is 7.87. The maximum absolute atomic E-state index is 9.99. The number of rotatable bonds is 2.